The van der Waals surface area contributed by atoms with Crippen LogP contribution >= 0.6 is 11.5 Å². The summed E-state index contributed by atoms with van der Waals surface area (Å²) in [5.74, 6) is 1.31. The molecule has 0 unspecified atom stereocenters. The molecular formula is C17H23N3OS. The van der Waals surface area contributed by atoms with Crippen molar-refractivity contribution < 1.29 is 4.74 Å². The number of nitrogens with one attached hydrogen (secondary N) is 1. The van der Waals surface area contributed by atoms with E-state index >= 15 is 0 Å². The largest absolute Gasteiger partial charge is 0.489 e. The van der Waals surface area contributed by atoms with Gasteiger partial charge in [-0.3, -0.25) is 0 Å². The summed E-state index contributed by atoms with van der Waals surface area (Å²) in [5.41, 5.74) is 3.25. The Balaban J connectivity index is 1.94. The molecule has 2 rings (SSSR count). The van der Waals surface area contributed by atoms with E-state index in [4.69, 9.17) is 4.74 Å². The first-order chi connectivity index (χ1) is 10.6. The standard InChI is InChI=1S/C17H23N3OS/c1-12(2)11-21-15-8-6-5-7-14(15)9-18-10-16-17(13(3)4)19-20-22-16/h5-8,13,18H,1,9-11H2,2-4H3. The van der Waals surface area contributed by atoms with Crippen LogP contribution in [0.3, 0.4) is 0 Å². The number of hydrogen-bond acceptors (Lipinski definition) is 5. The van der Waals surface area contributed by atoms with Gasteiger partial charge in [-0.1, -0.05) is 43.1 Å². The van der Waals surface area contributed by atoms with Crippen molar-refractivity contribution in [1.29, 1.82) is 0 Å². The van der Waals surface area contributed by atoms with Crippen molar-refractivity contribution in [2.24, 2.45) is 0 Å². The van der Waals surface area contributed by atoms with E-state index in [2.05, 4.69) is 41.4 Å². The normalized spacial score (nSPS) is 10.9. The Kier molecular flexibility index (Phi) is 6.10. The van der Waals surface area contributed by atoms with E-state index in [-0.39, 0.29) is 0 Å². The zero-order valence-electron chi connectivity index (χ0n) is 13.4. The second kappa shape index (κ2) is 8.06. The van der Waals surface area contributed by atoms with Gasteiger partial charge in [0.05, 0.1) is 10.6 Å². The predicted octanol–water partition coefficient (Wildman–Crippen LogP) is 3.91. The molecule has 1 aromatic heterocycles. The molecule has 0 aliphatic carbocycles. The summed E-state index contributed by atoms with van der Waals surface area (Å²) in [5, 5.41) is 7.66. The molecule has 1 heterocycles. The summed E-state index contributed by atoms with van der Waals surface area (Å²) in [6.45, 7) is 12.2. The summed E-state index contributed by atoms with van der Waals surface area (Å²) in [4.78, 5) is 1.20. The maximum absolute atomic E-state index is 5.79. The molecule has 1 N–H and O–H groups in total. The van der Waals surface area contributed by atoms with Gasteiger partial charge in [-0.15, -0.1) is 5.10 Å². The third kappa shape index (κ3) is 4.64. The summed E-state index contributed by atoms with van der Waals surface area (Å²) in [6, 6.07) is 8.09. The number of aromatic nitrogens is 2. The van der Waals surface area contributed by atoms with Gasteiger partial charge in [0.25, 0.3) is 0 Å². The van der Waals surface area contributed by atoms with Crippen molar-refractivity contribution in [3.63, 3.8) is 0 Å². The Hall–Kier alpha value is -1.72. The molecule has 0 aliphatic rings. The minimum absolute atomic E-state index is 0.404. The SMILES string of the molecule is C=C(C)COc1ccccc1CNCc1snnc1C(C)C. The number of para-hydroxylation sites is 1. The molecule has 2 aromatic rings. The molecule has 5 heteroatoms. The number of hydrogen-bond donors (Lipinski definition) is 1. The quantitative estimate of drug-likeness (QED) is 0.750. The first kappa shape index (κ1) is 16.6. The molecule has 0 fully saturated rings. The summed E-state index contributed by atoms with van der Waals surface area (Å²) >= 11 is 1.46. The second-order valence-corrected chi connectivity index (χ2v) is 6.53. The fourth-order valence-electron chi connectivity index (χ4n) is 2.08. The Morgan fingerprint density at radius 2 is 2.09 bits per heavy atom. The lowest BCUT2D eigenvalue weighted by molar-refractivity contribution is 0.347. The summed E-state index contributed by atoms with van der Waals surface area (Å²) in [7, 11) is 0. The number of benzene rings is 1. The lowest BCUT2D eigenvalue weighted by Crippen LogP contribution is -2.14. The Morgan fingerprint density at radius 1 is 1.32 bits per heavy atom. The average molecular weight is 317 g/mol. The van der Waals surface area contributed by atoms with Gasteiger partial charge in [0, 0.05) is 18.7 Å². The first-order valence-corrected chi connectivity index (χ1v) is 8.22. The van der Waals surface area contributed by atoms with E-state index in [0.29, 0.717) is 12.5 Å². The maximum atomic E-state index is 5.79. The lowest BCUT2D eigenvalue weighted by Gasteiger charge is -2.12. The molecule has 0 bridgehead atoms. The highest BCUT2D eigenvalue weighted by Gasteiger charge is 2.11. The third-order valence-electron chi connectivity index (χ3n) is 3.18. The van der Waals surface area contributed by atoms with E-state index in [1.165, 1.54) is 16.4 Å². The molecule has 0 amide bonds. The predicted molar refractivity (Wildman–Crippen MR) is 91.3 cm³/mol. The van der Waals surface area contributed by atoms with Crippen molar-refractivity contribution in [2.45, 2.75) is 39.8 Å². The maximum Gasteiger partial charge on any atom is 0.124 e. The van der Waals surface area contributed by atoms with Crippen LogP contribution in [0.25, 0.3) is 0 Å². The topological polar surface area (TPSA) is 47.0 Å². The van der Waals surface area contributed by atoms with Crippen molar-refractivity contribution in [3.8, 4) is 5.75 Å². The van der Waals surface area contributed by atoms with E-state index in [1.807, 2.05) is 25.1 Å². The molecule has 0 radical (unpaired) electrons. The third-order valence-corrected chi connectivity index (χ3v) is 3.92. The van der Waals surface area contributed by atoms with Gasteiger partial charge in [-0.25, -0.2) is 0 Å². The van der Waals surface area contributed by atoms with Gasteiger partial charge in [0.15, 0.2) is 0 Å². The van der Waals surface area contributed by atoms with Crippen molar-refractivity contribution >= 4 is 11.5 Å². The van der Waals surface area contributed by atoms with Crippen LogP contribution in [0.15, 0.2) is 36.4 Å². The molecule has 0 spiro atoms. The highest BCUT2D eigenvalue weighted by molar-refractivity contribution is 7.05. The zero-order chi connectivity index (χ0) is 15.9. The van der Waals surface area contributed by atoms with Crippen LogP contribution in [0.1, 0.15) is 42.8 Å². The molecule has 118 valence electrons. The van der Waals surface area contributed by atoms with Crippen LogP contribution < -0.4 is 10.1 Å². The Morgan fingerprint density at radius 3 is 2.82 bits per heavy atom. The summed E-state index contributed by atoms with van der Waals surface area (Å²) in [6.07, 6.45) is 0. The molecule has 1 aromatic carbocycles. The lowest BCUT2D eigenvalue weighted by atomic mass is 10.1. The number of nitrogens with zero attached hydrogens (tertiary/aromatic N) is 2. The van der Waals surface area contributed by atoms with Crippen LogP contribution in [0.5, 0.6) is 5.75 Å². The molecule has 0 saturated heterocycles. The van der Waals surface area contributed by atoms with E-state index in [1.54, 1.807) is 0 Å². The van der Waals surface area contributed by atoms with Gasteiger partial charge in [0.1, 0.15) is 12.4 Å². The van der Waals surface area contributed by atoms with Crippen LogP contribution in [0, 0.1) is 0 Å². The Bertz CT molecular complexity index is 622. The van der Waals surface area contributed by atoms with Crippen LogP contribution in [-0.4, -0.2) is 16.2 Å². The van der Waals surface area contributed by atoms with Gasteiger partial charge in [-0.2, -0.15) is 0 Å². The number of rotatable bonds is 8. The highest BCUT2D eigenvalue weighted by Crippen LogP contribution is 2.21. The van der Waals surface area contributed by atoms with Gasteiger partial charge in [0.2, 0.25) is 0 Å². The van der Waals surface area contributed by atoms with Crippen molar-refractivity contribution in [2.75, 3.05) is 6.61 Å². The molecule has 22 heavy (non-hydrogen) atoms. The smallest absolute Gasteiger partial charge is 0.124 e. The van der Waals surface area contributed by atoms with E-state index in [9.17, 15) is 0 Å². The molecule has 0 saturated carbocycles. The average Bonchev–Trinajstić information content (AvgIpc) is 2.95. The van der Waals surface area contributed by atoms with Gasteiger partial charge < -0.3 is 10.1 Å². The van der Waals surface area contributed by atoms with Crippen molar-refractivity contribution in [3.05, 3.63) is 52.6 Å². The summed E-state index contributed by atoms with van der Waals surface area (Å²) < 4.78 is 9.84. The highest BCUT2D eigenvalue weighted by atomic mass is 32.1. The van der Waals surface area contributed by atoms with E-state index < -0.39 is 0 Å². The van der Waals surface area contributed by atoms with Crippen LogP contribution in [0.4, 0.5) is 0 Å². The zero-order valence-corrected chi connectivity index (χ0v) is 14.2. The Labute approximate surface area is 136 Å². The second-order valence-electron chi connectivity index (χ2n) is 5.69. The van der Waals surface area contributed by atoms with Crippen LogP contribution in [-0.2, 0) is 13.1 Å². The van der Waals surface area contributed by atoms with Gasteiger partial charge >= 0.3 is 0 Å². The molecule has 0 atom stereocenters. The monoisotopic (exact) mass is 317 g/mol. The minimum Gasteiger partial charge on any atom is -0.489 e. The first-order valence-electron chi connectivity index (χ1n) is 7.45. The van der Waals surface area contributed by atoms with E-state index in [0.717, 1.165) is 35.7 Å². The fraction of sp³-hybridized carbons (Fsp3) is 0.412. The van der Waals surface area contributed by atoms with Crippen molar-refractivity contribution in [1.82, 2.24) is 14.9 Å². The van der Waals surface area contributed by atoms with Gasteiger partial charge in [-0.05, 0) is 36.0 Å². The molecular weight excluding hydrogens is 294 g/mol. The number of ether oxygens (including phenoxy) is 1. The molecule has 0 aliphatic heterocycles. The fourth-order valence-corrected chi connectivity index (χ4v) is 2.84. The minimum atomic E-state index is 0.404. The molecule has 4 nitrogen and oxygen atoms in total. The van der Waals surface area contributed by atoms with Crippen LogP contribution in [0.2, 0.25) is 0 Å².